The highest BCUT2D eigenvalue weighted by molar-refractivity contribution is 7.00. The summed E-state index contributed by atoms with van der Waals surface area (Å²) in [5.74, 6) is 0. The summed E-state index contributed by atoms with van der Waals surface area (Å²) in [5, 5.41) is 2.27. The molecular formula is C73H78BN3O. The lowest BCUT2D eigenvalue weighted by Gasteiger charge is -2.47. The summed E-state index contributed by atoms with van der Waals surface area (Å²) < 4.78 is 7.08. The van der Waals surface area contributed by atoms with E-state index in [0.717, 1.165) is 57.5 Å². The molecule has 8 aromatic carbocycles. The van der Waals surface area contributed by atoms with E-state index in [-0.39, 0.29) is 39.2 Å². The number of rotatable bonds is 5. The van der Waals surface area contributed by atoms with Crippen molar-refractivity contribution in [3.63, 3.8) is 0 Å². The Kier molecular flexibility index (Phi) is 10.9. The molecule has 0 bridgehead atoms. The Morgan fingerprint density at radius 1 is 0.474 bits per heavy atom. The Morgan fingerprint density at radius 3 is 1.68 bits per heavy atom. The molecule has 0 unspecified atom stereocenters. The fourth-order valence-electron chi connectivity index (χ4n) is 14.9. The van der Waals surface area contributed by atoms with E-state index in [2.05, 4.69) is 271 Å². The van der Waals surface area contributed by atoms with Crippen molar-refractivity contribution in [2.45, 2.75) is 163 Å². The van der Waals surface area contributed by atoms with Gasteiger partial charge in [-0.15, -0.1) is 0 Å². The number of para-hydroxylation sites is 2. The predicted molar refractivity (Wildman–Crippen MR) is 335 cm³/mol. The van der Waals surface area contributed by atoms with Crippen LogP contribution in [0.4, 0.5) is 51.2 Å². The van der Waals surface area contributed by atoms with Crippen molar-refractivity contribution in [3.8, 4) is 0 Å². The maximum Gasteiger partial charge on any atom is 0.252 e. The molecule has 0 radical (unpaired) electrons. The normalized spacial score (nSPS) is 17.4. The van der Waals surface area contributed by atoms with Crippen LogP contribution in [0.15, 0.2) is 150 Å². The first-order valence-corrected chi connectivity index (χ1v) is 28.9. The summed E-state index contributed by atoms with van der Waals surface area (Å²) in [5.41, 5.74) is 27.6. The Labute approximate surface area is 465 Å². The minimum Gasteiger partial charge on any atom is -0.456 e. The number of hydrogen-bond acceptors (Lipinski definition) is 4. The van der Waals surface area contributed by atoms with Gasteiger partial charge in [-0.1, -0.05) is 170 Å². The molecule has 0 amide bonds. The molecule has 2 aliphatic heterocycles. The second-order valence-electron chi connectivity index (χ2n) is 28.6. The van der Waals surface area contributed by atoms with E-state index in [4.69, 9.17) is 4.42 Å². The zero-order valence-corrected chi connectivity index (χ0v) is 49.3. The van der Waals surface area contributed by atoms with Crippen molar-refractivity contribution in [2.75, 3.05) is 14.7 Å². The van der Waals surface area contributed by atoms with Crippen molar-refractivity contribution >= 4 is 96.2 Å². The van der Waals surface area contributed by atoms with Crippen molar-refractivity contribution in [2.24, 2.45) is 0 Å². The van der Waals surface area contributed by atoms with Gasteiger partial charge in [0.1, 0.15) is 11.2 Å². The standard InChI is InChI=1S/C73H78BN3O/c1-44-36-62-66-63(37-44)77(59-41-54-52(38-45(59)2)70(9,10)34-35-71(54,11)12)61-42-55-53(72(13,14)43-73(55,15)16)40-57(61)74(66)56-32-30-49(75(47-22-18-17-19-23-47)48-28-26-46(27-29-48)68(3,4)5)39-60(56)76(62)58-33-31-51(69(6,7)8)67-65(58)50-24-20-21-25-64(50)78-67/h17-33,36-42H,34-35,43H2,1-16H3. The molecule has 394 valence electrons. The third-order valence-electron chi connectivity index (χ3n) is 18.9. The van der Waals surface area contributed by atoms with Gasteiger partial charge in [-0.25, -0.2) is 0 Å². The van der Waals surface area contributed by atoms with Gasteiger partial charge in [0.2, 0.25) is 0 Å². The first-order valence-electron chi connectivity index (χ1n) is 28.9. The fraction of sp³-hybridized carbons (Fsp3) is 0.342. The number of aryl methyl sites for hydroxylation is 2. The lowest BCUT2D eigenvalue weighted by molar-refractivity contribution is 0.332. The van der Waals surface area contributed by atoms with Crippen LogP contribution in [0.5, 0.6) is 0 Å². The zero-order chi connectivity index (χ0) is 55.0. The Morgan fingerprint density at radius 2 is 1.03 bits per heavy atom. The second-order valence-corrected chi connectivity index (χ2v) is 28.6. The maximum atomic E-state index is 7.08. The van der Waals surface area contributed by atoms with E-state index >= 15 is 0 Å². The topological polar surface area (TPSA) is 22.9 Å². The van der Waals surface area contributed by atoms with Gasteiger partial charge in [-0.2, -0.15) is 0 Å². The van der Waals surface area contributed by atoms with Gasteiger partial charge in [0.15, 0.2) is 0 Å². The van der Waals surface area contributed by atoms with E-state index in [1.807, 2.05) is 0 Å². The van der Waals surface area contributed by atoms with Crippen LogP contribution in [-0.2, 0) is 32.5 Å². The highest BCUT2D eigenvalue weighted by atomic mass is 16.3. The van der Waals surface area contributed by atoms with Crippen molar-refractivity contribution in [1.82, 2.24) is 0 Å². The molecule has 1 aromatic heterocycles. The molecule has 78 heavy (non-hydrogen) atoms. The molecule has 4 nitrogen and oxygen atoms in total. The zero-order valence-electron chi connectivity index (χ0n) is 49.3. The quantitative estimate of drug-likeness (QED) is 0.160. The van der Waals surface area contributed by atoms with Gasteiger partial charge in [0.05, 0.1) is 11.1 Å². The second kappa shape index (κ2) is 16.8. The number of nitrogens with zero attached hydrogens (tertiary/aromatic N) is 3. The Bertz CT molecular complexity index is 3950. The molecule has 2 aliphatic carbocycles. The highest BCUT2D eigenvalue weighted by Crippen LogP contribution is 2.56. The average Bonchev–Trinajstić information content (AvgIpc) is 3.65. The number of anilines is 9. The fourth-order valence-corrected chi connectivity index (χ4v) is 14.9. The van der Waals surface area contributed by atoms with Gasteiger partial charge < -0.3 is 19.1 Å². The highest BCUT2D eigenvalue weighted by Gasteiger charge is 2.49. The van der Waals surface area contributed by atoms with Gasteiger partial charge in [0.25, 0.3) is 6.71 Å². The van der Waals surface area contributed by atoms with Crippen LogP contribution >= 0.6 is 0 Å². The van der Waals surface area contributed by atoms with Crippen molar-refractivity contribution in [3.05, 3.63) is 190 Å². The molecule has 5 heteroatoms. The van der Waals surface area contributed by atoms with Crippen LogP contribution < -0.4 is 31.1 Å². The average molecular weight is 1020 g/mol. The van der Waals surface area contributed by atoms with Crippen molar-refractivity contribution in [1.29, 1.82) is 0 Å². The van der Waals surface area contributed by atoms with E-state index in [1.54, 1.807) is 0 Å². The molecule has 0 fully saturated rings. The monoisotopic (exact) mass is 1020 g/mol. The Hall–Kier alpha value is -6.98. The lowest BCUT2D eigenvalue weighted by Crippen LogP contribution is -2.61. The summed E-state index contributed by atoms with van der Waals surface area (Å²) in [6.07, 6.45) is 3.44. The molecule has 0 saturated carbocycles. The molecule has 0 spiro atoms. The molecule has 13 rings (SSSR count). The van der Waals surface area contributed by atoms with Crippen LogP contribution in [0.1, 0.15) is 161 Å². The summed E-state index contributed by atoms with van der Waals surface area (Å²) in [6.45, 7) is 38.2. The van der Waals surface area contributed by atoms with Crippen LogP contribution in [0, 0.1) is 13.8 Å². The van der Waals surface area contributed by atoms with Crippen LogP contribution in [0.2, 0.25) is 0 Å². The minimum absolute atomic E-state index is 0.00127. The van der Waals surface area contributed by atoms with Crippen LogP contribution in [-0.4, -0.2) is 6.71 Å². The Balaban J connectivity index is 1.15. The molecule has 3 heterocycles. The third-order valence-corrected chi connectivity index (χ3v) is 18.9. The molecular weight excluding hydrogens is 946 g/mol. The van der Waals surface area contributed by atoms with Gasteiger partial charge in [-0.3, -0.25) is 0 Å². The maximum absolute atomic E-state index is 7.08. The van der Waals surface area contributed by atoms with Gasteiger partial charge in [-0.05, 0) is 194 Å². The molecule has 0 atom stereocenters. The van der Waals surface area contributed by atoms with E-state index in [9.17, 15) is 0 Å². The number of fused-ring (bicyclic) bond motifs is 9. The summed E-state index contributed by atoms with van der Waals surface area (Å²) in [6, 6.07) is 56.5. The number of benzene rings is 8. The predicted octanol–water partition coefficient (Wildman–Crippen LogP) is 18.7. The number of hydrogen-bond donors (Lipinski definition) is 0. The van der Waals surface area contributed by atoms with E-state index < -0.39 is 0 Å². The third kappa shape index (κ3) is 7.60. The molecule has 0 N–H and O–H groups in total. The van der Waals surface area contributed by atoms with Gasteiger partial charge in [0, 0.05) is 56.4 Å². The minimum atomic E-state index is -0.159. The van der Waals surface area contributed by atoms with E-state index in [1.165, 1.54) is 95.8 Å². The first-order chi connectivity index (χ1) is 36.7. The van der Waals surface area contributed by atoms with Crippen LogP contribution in [0.25, 0.3) is 21.9 Å². The molecule has 4 aliphatic rings. The summed E-state index contributed by atoms with van der Waals surface area (Å²) in [4.78, 5) is 7.80. The smallest absolute Gasteiger partial charge is 0.252 e. The largest absolute Gasteiger partial charge is 0.456 e. The summed E-state index contributed by atoms with van der Waals surface area (Å²) >= 11 is 0. The number of furan rings is 1. The van der Waals surface area contributed by atoms with Crippen LogP contribution in [0.3, 0.4) is 0 Å². The molecule has 0 saturated heterocycles. The lowest BCUT2D eigenvalue weighted by atomic mass is 9.33. The van der Waals surface area contributed by atoms with E-state index in [0.29, 0.717) is 0 Å². The summed E-state index contributed by atoms with van der Waals surface area (Å²) in [7, 11) is 0. The first kappa shape index (κ1) is 50.5. The SMILES string of the molecule is Cc1cc2c3c(c1)N(c1ccc(C(C)(C)C)c4oc5ccccc5c14)c1cc(N(c4ccccc4)c4ccc(C(C)(C)C)cc4)ccc1B3c1cc3c(cc1N2c1cc2c(cc1C)C(C)(C)CCC2(C)C)C(C)(C)CC3(C)C. The van der Waals surface area contributed by atoms with Crippen molar-refractivity contribution < 1.29 is 4.42 Å². The molecule has 9 aromatic rings. The van der Waals surface area contributed by atoms with Gasteiger partial charge >= 0.3 is 0 Å².